The maximum Gasteiger partial charge on any atom is 0.227 e. The molecule has 1 aromatic carbocycles. The highest BCUT2D eigenvalue weighted by Crippen LogP contribution is 2.24. The summed E-state index contributed by atoms with van der Waals surface area (Å²) in [6, 6.07) is 11.1. The summed E-state index contributed by atoms with van der Waals surface area (Å²) in [5.41, 5.74) is 2.56. The van der Waals surface area contributed by atoms with Crippen LogP contribution in [0.3, 0.4) is 0 Å². The van der Waals surface area contributed by atoms with Crippen molar-refractivity contribution >= 4 is 11.8 Å². The normalized spacial score (nSPS) is 18.0. The number of rotatable bonds is 5. The van der Waals surface area contributed by atoms with Gasteiger partial charge in [0.05, 0.1) is 0 Å². The maximum absolute atomic E-state index is 4.74. The van der Waals surface area contributed by atoms with Crippen molar-refractivity contribution in [1.29, 1.82) is 0 Å². The molecule has 1 aliphatic heterocycles. The average Bonchev–Trinajstić information content (AvgIpc) is 2.60. The SMILES string of the molecule is CCC1CCCCN1c1nccc(NCc2cccc(C)c2)n1. The number of hydrogen-bond acceptors (Lipinski definition) is 4. The van der Waals surface area contributed by atoms with Crippen molar-refractivity contribution in [2.75, 3.05) is 16.8 Å². The highest BCUT2D eigenvalue weighted by atomic mass is 15.3. The summed E-state index contributed by atoms with van der Waals surface area (Å²) in [4.78, 5) is 11.6. The van der Waals surface area contributed by atoms with E-state index in [-0.39, 0.29) is 0 Å². The van der Waals surface area contributed by atoms with Gasteiger partial charge in [0.25, 0.3) is 0 Å². The van der Waals surface area contributed by atoms with Crippen LogP contribution in [0.1, 0.15) is 43.7 Å². The molecule has 2 heterocycles. The van der Waals surface area contributed by atoms with Crippen LogP contribution in [0.5, 0.6) is 0 Å². The molecule has 1 aliphatic rings. The molecule has 0 spiro atoms. The first-order valence-corrected chi connectivity index (χ1v) is 8.65. The highest BCUT2D eigenvalue weighted by molar-refractivity contribution is 5.43. The predicted molar refractivity (Wildman–Crippen MR) is 95.8 cm³/mol. The minimum absolute atomic E-state index is 0.579. The third kappa shape index (κ3) is 4.01. The molecule has 122 valence electrons. The van der Waals surface area contributed by atoms with Gasteiger partial charge in [-0.2, -0.15) is 4.98 Å². The standard InChI is InChI=1S/C19H26N4/c1-3-17-9-4-5-12-23(17)19-20-11-10-18(22-19)21-14-16-8-6-7-15(2)13-16/h6-8,10-11,13,17H,3-5,9,12,14H2,1-2H3,(H,20,21,22). The Morgan fingerprint density at radius 3 is 3.00 bits per heavy atom. The van der Waals surface area contributed by atoms with Gasteiger partial charge in [-0.15, -0.1) is 0 Å². The Morgan fingerprint density at radius 1 is 1.26 bits per heavy atom. The van der Waals surface area contributed by atoms with Crippen LogP contribution < -0.4 is 10.2 Å². The molecule has 1 saturated heterocycles. The van der Waals surface area contributed by atoms with Gasteiger partial charge >= 0.3 is 0 Å². The van der Waals surface area contributed by atoms with Crippen molar-refractivity contribution in [2.24, 2.45) is 0 Å². The fourth-order valence-electron chi connectivity index (χ4n) is 3.29. The summed E-state index contributed by atoms with van der Waals surface area (Å²) in [7, 11) is 0. The predicted octanol–water partition coefficient (Wildman–Crippen LogP) is 4.17. The number of benzene rings is 1. The van der Waals surface area contributed by atoms with E-state index in [4.69, 9.17) is 4.98 Å². The van der Waals surface area contributed by atoms with Gasteiger partial charge in [0, 0.05) is 25.3 Å². The Bertz CT molecular complexity index is 641. The Labute approximate surface area is 139 Å². The van der Waals surface area contributed by atoms with Crippen molar-refractivity contribution in [1.82, 2.24) is 9.97 Å². The zero-order valence-electron chi connectivity index (χ0n) is 14.1. The van der Waals surface area contributed by atoms with E-state index >= 15 is 0 Å². The molecule has 1 unspecified atom stereocenters. The van der Waals surface area contributed by atoms with E-state index in [1.807, 2.05) is 12.3 Å². The van der Waals surface area contributed by atoms with Crippen LogP contribution in [-0.2, 0) is 6.54 Å². The topological polar surface area (TPSA) is 41.1 Å². The van der Waals surface area contributed by atoms with Crippen LogP contribution in [-0.4, -0.2) is 22.6 Å². The molecule has 1 fully saturated rings. The van der Waals surface area contributed by atoms with Crippen molar-refractivity contribution in [3.63, 3.8) is 0 Å². The molecule has 0 bridgehead atoms. The summed E-state index contributed by atoms with van der Waals surface area (Å²) in [6.07, 6.45) is 6.83. The zero-order valence-corrected chi connectivity index (χ0v) is 14.1. The third-order valence-electron chi connectivity index (χ3n) is 4.55. The molecule has 1 atom stereocenters. The van der Waals surface area contributed by atoms with E-state index in [2.05, 4.69) is 53.3 Å². The molecule has 3 rings (SSSR count). The average molecular weight is 310 g/mol. The first kappa shape index (κ1) is 15.8. The van der Waals surface area contributed by atoms with Crippen molar-refractivity contribution in [3.05, 3.63) is 47.7 Å². The lowest BCUT2D eigenvalue weighted by molar-refractivity contribution is 0.443. The Kier molecular flexibility index (Phi) is 5.11. The van der Waals surface area contributed by atoms with Gasteiger partial charge < -0.3 is 10.2 Å². The maximum atomic E-state index is 4.74. The number of aromatic nitrogens is 2. The minimum Gasteiger partial charge on any atom is -0.366 e. The van der Waals surface area contributed by atoms with E-state index in [9.17, 15) is 0 Å². The zero-order chi connectivity index (χ0) is 16.1. The number of nitrogens with zero attached hydrogens (tertiary/aromatic N) is 3. The van der Waals surface area contributed by atoms with Gasteiger partial charge in [-0.1, -0.05) is 36.8 Å². The summed E-state index contributed by atoms with van der Waals surface area (Å²) in [5.74, 6) is 1.77. The van der Waals surface area contributed by atoms with Crippen LogP contribution in [0.15, 0.2) is 36.5 Å². The minimum atomic E-state index is 0.579. The molecule has 1 aromatic heterocycles. The number of nitrogens with one attached hydrogen (secondary N) is 1. The number of piperidine rings is 1. The van der Waals surface area contributed by atoms with Gasteiger partial charge in [-0.25, -0.2) is 4.98 Å². The molecule has 0 amide bonds. The third-order valence-corrected chi connectivity index (χ3v) is 4.55. The van der Waals surface area contributed by atoms with Crippen molar-refractivity contribution in [2.45, 2.75) is 52.1 Å². The first-order valence-electron chi connectivity index (χ1n) is 8.65. The van der Waals surface area contributed by atoms with E-state index in [0.717, 1.165) is 31.3 Å². The molecule has 4 nitrogen and oxygen atoms in total. The molecule has 23 heavy (non-hydrogen) atoms. The Balaban J connectivity index is 1.69. The Morgan fingerprint density at radius 2 is 2.17 bits per heavy atom. The molecular weight excluding hydrogens is 284 g/mol. The summed E-state index contributed by atoms with van der Waals surface area (Å²) in [5, 5.41) is 3.42. The molecule has 4 heteroatoms. The fourth-order valence-corrected chi connectivity index (χ4v) is 3.29. The van der Waals surface area contributed by atoms with E-state index in [1.54, 1.807) is 0 Å². The smallest absolute Gasteiger partial charge is 0.227 e. The largest absolute Gasteiger partial charge is 0.366 e. The second-order valence-electron chi connectivity index (χ2n) is 6.34. The summed E-state index contributed by atoms with van der Waals surface area (Å²) in [6.45, 7) is 6.23. The lowest BCUT2D eigenvalue weighted by Crippen LogP contribution is -2.40. The Hall–Kier alpha value is -2.10. The fraction of sp³-hybridized carbons (Fsp3) is 0.474. The second kappa shape index (κ2) is 7.44. The van der Waals surface area contributed by atoms with Gasteiger partial charge in [0.1, 0.15) is 5.82 Å². The van der Waals surface area contributed by atoms with E-state index in [1.165, 1.54) is 30.4 Å². The molecule has 0 saturated carbocycles. The lowest BCUT2D eigenvalue weighted by atomic mass is 10.0. The number of aryl methyl sites for hydroxylation is 1. The van der Waals surface area contributed by atoms with Crippen LogP contribution in [0.2, 0.25) is 0 Å². The molecule has 2 aromatic rings. The second-order valence-corrected chi connectivity index (χ2v) is 6.34. The van der Waals surface area contributed by atoms with Gasteiger partial charge in [-0.3, -0.25) is 0 Å². The van der Waals surface area contributed by atoms with E-state index in [0.29, 0.717) is 6.04 Å². The molecule has 0 radical (unpaired) electrons. The van der Waals surface area contributed by atoms with Gasteiger partial charge in [0.15, 0.2) is 0 Å². The van der Waals surface area contributed by atoms with Gasteiger partial charge in [-0.05, 0) is 44.2 Å². The van der Waals surface area contributed by atoms with Crippen LogP contribution in [0.4, 0.5) is 11.8 Å². The summed E-state index contributed by atoms with van der Waals surface area (Å²) >= 11 is 0. The number of anilines is 2. The molecular formula is C19H26N4. The van der Waals surface area contributed by atoms with Crippen molar-refractivity contribution < 1.29 is 0 Å². The van der Waals surface area contributed by atoms with Crippen LogP contribution in [0, 0.1) is 6.92 Å². The summed E-state index contributed by atoms with van der Waals surface area (Å²) < 4.78 is 0. The van der Waals surface area contributed by atoms with Crippen molar-refractivity contribution in [3.8, 4) is 0 Å². The van der Waals surface area contributed by atoms with Gasteiger partial charge in [0.2, 0.25) is 5.95 Å². The quantitative estimate of drug-likeness (QED) is 0.900. The number of hydrogen-bond donors (Lipinski definition) is 1. The monoisotopic (exact) mass is 310 g/mol. The highest BCUT2D eigenvalue weighted by Gasteiger charge is 2.23. The molecule has 0 aliphatic carbocycles. The molecule has 1 N–H and O–H groups in total. The lowest BCUT2D eigenvalue weighted by Gasteiger charge is -2.35. The van der Waals surface area contributed by atoms with Crippen LogP contribution >= 0.6 is 0 Å². The van der Waals surface area contributed by atoms with E-state index < -0.39 is 0 Å². The van der Waals surface area contributed by atoms with Crippen LogP contribution in [0.25, 0.3) is 0 Å². The first-order chi connectivity index (χ1) is 11.3.